The Balaban J connectivity index is 0. The molecule has 0 atom stereocenters. The minimum Gasteiger partial charge on any atom is -0.793 e. The van der Waals surface area contributed by atoms with Gasteiger partial charge in [-0.15, -0.1) is 0 Å². The summed E-state index contributed by atoms with van der Waals surface area (Å²) in [4.78, 5) is 0. The van der Waals surface area contributed by atoms with E-state index in [2.05, 4.69) is 12.6 Å². The quantitative estimate of drug-likeness (QED) is 0.445. The van der Waals surface area contributed by atoms with E-state index in [-0.39, 0.29) is 27.3 Å². The summed E-state index contributed by atoms with van der Waals surface area (Å²) in [6.07, 6.45) is 0. The van der Waals surface area contributed by atoms with Crippen LogP contribution in [0.5, 0.6) is 0 Å². The molecule has 0 aromatic heterocycles. The molecule has 0 saturated carbocycles. The molecule has 0 aromatic carbocycles. The predicted octanol–water partition coefficient (Wildman–Crippen LogP) is 0.172. The van der Waals surface area contributed by atoms with E-state index in [4.69, 9.17) is 0 Å². The maximum Gasteiger partial charge on any atom is 1.00 e. The molecule has 0 radical (unpaired) electrons. The molecule has 0 spiro atoms. The van der Waals surface area contributed by atoms with Gasteiger partial charge in [-0.2, -0.15) is 5.75 Å². The second-order valence-electron chi connectivity index (χ2n) is 0.289. The van der Waals surface area contributed by atoms with E-state index in [1.54, 1.807) is 0 Å². The van der Waals surface area contributed by atoms with Gasteiger partial charge in [0.1, 0.15) is 0 Å². The summed E-state index contributed by atoms with van der Waals surface area (Å²) >= 11 is 4.39. The maximum atomic E-state index is 4.39. The number of hydrogen-bond acceptors (Lipinski definition) is 1. The monoisotopic (exact) mass is 266 g/mol. The summed E-state index contributed by atoms with van der Waals surface area (Å²) < 4.78 is 0. The molecule has 0 rings (SSSR count). The second-order valence-corrected chi connectivity index (χ2v) is 0.866. The molecular weight excluding hydrogens is 260 g/mol. The fourth-order valence-corrected chi connectivity index (χ4v) is 0. The van der Waals surface area contributed by atoms with Gasteiger partial charge in [-0.05, 0) is 0 Å². The first-order valence-electron chi connectivity index (χ1n) is 0.996. The summed E-state index contributed by atoms with van der Waals surface area (Å²) in [5, 5.41) is 0. The number of rotatable bonds is 0. The summed E-state index contributed by atoms with van der Waals surface area (Å²) in [7, 11) is 0. The molecule has 4 heavy (non-hydrogen) atoms. The summed E-state index contributed by atoms with van der Waals surface area (Å²) in [5.74, 6) is 0.833. The largest absolute Gasteiger partial charge is 1.00 e. The Morgan fingerprint density at radius 1 is 1.75 bits per heavy atom. The molecule has 0 unspecified atom stereocenters. The standard InChI is InChI=1S/C2H6S.Tl/c1-2-3;/h3H,2H2,1H3;/q;+1/p-1. The zero-order valence-corrected chi connectivity index (χ0v) is 8.00. The van der Waals surface area contributed by atoms with Gasteiger partial charge in [0.2, 0.25) is 0 Å². The zero-order valence-electron chi connectivity index (χ0n) is 2.69. The first-order valence-corrected chi connectivity index (χ1v) is 1.57. The zero-order chi connectivity index (χ0) is 2.71. The number of hydrogen-bond donors (Lipinski definition) is 0. The first-order chi connectivity index (χ1) is 1.41. The van der Waals surface area contributed by atoms with Gasteiger partial charge in [0.05, 0.1) is 0 Å². The molecule has 2 heteroatoms. The molecule has 0 nitrogen and oxygen atoms in total. The Bertz CT molecular complexity index is 6.00. The van der Waals surface area contributed by atoms with Crippen LogP contribution in [0.4, 0.5) is 0 Å². The average molecular weight is 266 g/mol. The van der Waals surface area contributed by atoms with Gasteiger partial charge < -0.3 is 12.6 Å². The molecule has 0 aliphatic rings. The third-order valence-electron chi connectivity index (χ3n) is 0. The van der Waals surface area contributed by atoms with E-state index in [1.165, 1.54) is 0 Å². The van der Waals surface area contributed by atoms with Crippen LogP contribution in [-0.2, 0) is 12.6 Å². The van der Waals surface area contributed by atoms with Crippen molar-refractivity contribution < 1.29 is 0 Å². The Morgan fingerprint density at radius 2 is 1.75 bits per heavy atom. The van der Waals surface area contributed by atoms with Gasteiger partial charge in [-0.1, -0.05) is 6.92 Å². The minimum atomic E-state index is 0. The van der Waals surface area contributed by atoms with E-state index in [0.717, 1.165) is 5.75 Å². The fraction of sp³-hybridized carbons (Fsp3) is 1.00. The molecule has 0 amide bonds. The molecule has 0 saturated heterocycles. The van der Waals surface area contributed by atoms with Crippen LogP contribution >= 0.6 is 0 Å². The van der Waals surface area contributed by atoms with Crippen molar-refractivity contribution in [2.45, 2.75) is 6.92 Å². The SMILES string of the molecule is CC[S-].[Tl+]. The average Bonchev–Trinajstić information content (AvgIpc) is 0.918. The normalized spacial score (nSPS) is 4.50. The molecular formula is C2H5STl. The third kappa shape index (κ3) is 10.4. The van der Waals surface area contributed by atoms with Crippen LogP contribution in [0, 0.1) is 0 Å². The van der Waals surface area contributed by atoms with E-state index < -0.39 is 0 Å². The van der Waals surface area contributed by atoms with E-state index in [1.807, 2.05) is 6.92 Å². The van der Waals surface area contributed by atoms with Crippen LogP contribution in [0.15, 0.2) is 0 Å². The molecule has 0 aliphatic heterocycles. The Labute approximate surface area is 52.5 Å². The Morgan fingerprint density at radius 3 is 1.75 bits per heavy atom. The van der Waals surface area contributed by atoms with Crippen molar-refractivity contribution in [2.75, 3.05) is 5.75 Å². The van der Waals surface area contributed by atoms with Crippen LogP contribution in [0.3, 0.4) is 0 Å². The van der Waals surface area contributed by atoms with Gasteiger partial charge in [0, 0.05) is 0 Å². The maximum absolute atomic E-state index is 4.39. The first kappa shape index (κ1) is 8.99. The Kier molecular flexibility index (Phi) is 19.9. The molecule has 0 fully saturated rings. The van der Waals surface area contributed by atoms with E-state index >= 15 is 0 Å². The molecule has 0 aliphatic carbocycles. The third-order valence-corrected chi connectivity index (χ3v) is 0. The minimum absolute atomic E-state index is 0. The van der Waals surface area contributed by atoms with Gasteiger partial charge in [-0.25, -0.2) is 0 Å². The smallest absolute Gasteiger partial charge is 0.793 e. The fourth-order valence-electron chi connectivity index (χ4n) is 0. The van der Waals surface area contributed by atoms with Crippen LogP contribution in [0.2, 0.25) is 0 Å². The summed E-state index contributed by atoms with van der Waals surface area (Å²) in [5.41, 5.74) is 0. The topological polar surface area (TPSA) is 0 Å². The van der Waals surface area contributed by atoms with Crippen LogP contribution < -0.4 is 0 Å². The molecule has 0 N–H and O–H groups in total. The second kappa shape index (κ2) is 8.86. The molecule has 22 valence electrons. The van der Waals surface area contributed by atoms with E-state index in [9.17, 15) is 0 Å². The van der Waals surface area contributed by atoms with Gasteiger partial charge >= 0.3 is 27.3 Å². The van der Waals surface area contributed by atoms with Gasteiger partial charge in [-0.3, -0.25) is 0 Å². The van der Waals surface area contributed by atoms with Crippen molar-refractivity contribution in [2.24, 2.45) is 0 Å². The van der Waals surface area contributed by atoms with Crippen LogP contribution in [0.25, 0.3) is 0 Å². The van der Waals surface area contributed by atoms with Crippen molar-refractivity contribution >= 4 is 39.9 Å². The van der Waals surface area contributed by atoms with E-state index in [0.29, 0.717) is 0 Å². The van der Waals surface area contributed by atoms with Crippen molar-refractivity contribution in [3.63, 3.8) is 0 Å². The van der Waals surface area contributed by atoms with Crippen LogP contribution in [-0.4, -0.2) is 33.1 Å². The van der Waals surface area contributed by atoms with Gasteiger partial charge in [0.25, 0.3) is 0 Å². The summed E-state index contributed by atoms with van der Waals surface area (Å²) in [6.45, 7) is 1.94. The molecule has 0 aromatic rings. The van der Waals surface area contributed by atoms with Crippen LogP contribution in [0.1, 0.15) is 6.92 Å². The molecule has 0 heterocycles. The summed E-state index contributed by atoms with van der Waals surface area (Å²) in [6, 6.07) is 0. The van der Waals surface area contributed by atoms with Crippen molar-refractivity contribution in [3.8, 4) is 0 Å². The van der Waals surface area contributed by atoms with Crippen molar-refractivity contribution in [3.05, 3.63) is 0 Å². The predicted molar refractivity (Wildman–Crippen MR) is 23.7 cm³/mol. The molecule has 0 bridgehead atoms. The Hall–Kier alpha value is 1.27. The van der Waals surface area contributed by atoms with Gasteiger partial charge in [0.15, 0.2) is 0 Å². The van der Waals surface area contributed by atoms with Crippen molar-refractivity contribution in [1.29, 1.82) is 0 Å². The van der Waals surface area contributed by atoms with Crippen molar-refractivity contribution in [1.82, 2.24) is 0 Å².